The van der Waals surface area contributed by atoms with Crippen LogP contribution >= 0.6 is 0 Å². The van der Waals surface area contributed by atoms with E-state index in [1.807, 2.05) is 0 Å². The predicted octanol–water partition coefficient (Wildman–Crippen LogP) is 3.53. The third-order valence-electron chi connectivity index (χ3n) is 5.39. The highest BCUT2D eigenvalue weighted by molar-refractivity contribution is 8.08. The van der Waals surface area contributed by atoms with Crippen molar-refractivity contribution in [2.24, 2.45) is 0 Å². The lowest BCUT2D eigenvalue weighted by Gasteiger charge is -2.25. The minimum absolute atomic E-state index is 0.132. The van der Waals surface area contributed by atoms with E-state index >= 15 is 0 Å². The lowest BCUT2D eigenvalue weighted by Crippen LogP contribution is -2.58. The van der Waals surface area contributed by atoms with Crippen LogP contribution in [0.2, 0.25) is 0 Å². The Labute approximate surface area is 189 Å². The van der Waals surface area contributed by atoms with Gasteiger partial charge in [0.15, 0.2) is 0 Å². The van der Waals surface area contributed by atoms with Crippen LogP contribution in [0.25, 0.3) is 21.5 Å². The first-order chi connectivity index (χ1) is 15.5. The highest BCUT2D eigenvalue weighted by atomic mass is 32.3. The molecular formula is C23H16O8S2. The molecule has 0 fully saturated rings. The molecule has 0 aliphatic heterocycles. The van der Waals surface area contributed by atoms with E-state index in [9.17, 15) is 35.5 Å². The molecule has 33 heavy (non-hydrogen) atoms. The number of rotatable bonds is 6. The van der Waals surface area contributed by atoms with Crippen molar-refractivity contribution >= 4 is 53.3 Å². The largest absolute Gasteiger partial charge is 0.345 e. The summed E-state index contributed by atoms with van der Waals surface area (Å²) in [6.07, 6.45) is 0. The van der Waals surface area contributed by atoms with Gasteiger partial charge in [-0.15, -0.1) is 0 Å². The van der Waals surface area contributed by atoms with Crippen LogP contribution in [0.4, 0.5) is 0 Å². The molecule has 4 aromatic carbocycles. The van der Waals surface area contributed by atoms with Crippen molar-refractivity contribution in [2.75, 3.05) is 0 Å². The second-order valence-corrected chi connectivity index (χ2v) is 10.7. The maximum atomic E-state index is 13.6. The highest BCUT2D eigenvalue weighted by Crippen LogP contribution is 2.36. The molecule has 0 aromatic heterocycles. The zero-order chi connectivity index (χ0) is 24.0. The zero-order valence-corrected chi connectivity index (χ0v) is 18.4. The number of hydrogen-bond donors (Lipinski definition) is 2. The fourth-order valence-corrected chi connectivity index (χ4v) is 6.35. The van der Waals surface area contributed by atoms with Crippen LogP contribution in [-0.4, -0.2) is 41.6 Å². The average molecular weight is 485 g/mol. The van der Waals surface area contributed by atoms with Gasteiger partial charge in [-0.3, -0.25) is 18.7 Å². The van der Waals surface area contributed by atoms with Gasteiger partial charge in [0.05, 0.1) is 0 Å². The van der Waals surface area contributed by atoms with E-state index in [0.717, 1.165) is 12.1 Å². The number of benzene rings is 4. The molecule has 8 nitrogen and oxygen atoms in total. The van der Waals surface area contributed by atoms with Gasteiger partial charge in [0.1, 0.15) is 0 Å². The van der Waals surface area contributed by atoms with Crippen LogP contribution in [-0.2, 0) is 20.2 Å². The summed E-state index contributed by atoms with van der Waals surface area (Å²) in [6, 6.07) is 20.4. The molecule has 2 N–H and O–H groups in total. The first-order valence-corrected chi connectivity index (χ1v) is 12.4. The molecule has 0 aliphatic rings. The first kappa shape index (κ1) is 22.7. The number of ketones is 2. The van der Waals surface area contributed by atoms with E-state index in [-0.39, 0.29) is 10.8 Å². The van der Waals surface area contributed by atoms with Gasteiger partial charge in [0.25, 0.3) is 0 Å². The Kier molecular flexibility index (Phi) is 5.41. The lowest BCUT2D eigenvalue weighted by atomic mass is 9.94. The second kappa shape index (κ2) is 7.85. The van der Waals surface area contributed by atoms with Gasteiger partial charge in [0.2, 0.25) is 11.6 Å². The molecule has 0 radical (unpaired) electrons. The molecule has 0 bridgehead atoms. The van der Waals surface area contributed by atoms with Gasteiger partial charge >= 0.3 is 24.3 Å². The fourth-order valence-electron chi connectivity index (χ4n) is 3.91. The van der Waals surface area contributed by atoms with Crippen LogP contribution in [0.15, 0.2) is 84.9 Å². The first-order valence-electron chi connectivity index (χ1n) is 9.49. The number of carbonyl (C=O) groups is 2. The number of Topliss-reactive ketones (excluding diaryl/α,β-unsaturated/α-hetero) is 2. The summed E-state index contributed by atoms with van der Waals surface area (Å²) in [5.74, 6) is -3.58. The van der Waals surface area contributed by atoms with Crippen molar-refractivity contribution in [3.63, 3.8) is 0 Å². The topological polar surface area (TPSA) is 143 Å². The minimum Gasteiger partial charge on any atom is -0.290 e. The van der Waals surface area contributed by atoms with E-state index in [2.05, 4.69) is 0 Å². The van der Waals surface area contributed by atoms with Gasteiger partial charge in [-0.05, 0) is 21.5 Å². The summed E-state index contributed by atoms with van der Waals surface area (Å²) in [7, 11) is -12.1. The Morgan fingerprint density at radius 1 is 0.545 bits per heavy atom. The molecule has 4 rings (SSSR count). The summed E-state index contributed by atoms with van der Waals surface area (Å²) in [5.41, 5.74) is -0.950. The van der Waals surface area contributed by atoms with Gasteiger partial charge < -0.3 is 0 Å². The van der Waals surface area contributed by atoms with Gasteiger partial charge in [-0.2, -0.15) is 16.8 Å². The smallest absolute Gasteiger partial charge is 0.290 e. The van der Waals surface area contributed by atoms with E-state index in [1.54, 1.807) is 36.4 Å². The maximum absolute atomic E-state index is 13.6. The SMILES string of the molecule is O=C(c1cccc2ccccc12)C(C(=O)c1cccc2ccccc12)(S(=O)(=O)O)S(=O)(=O)O. The van der Waals surface area contributed by atoms with E-state index < -0.39 is 47.0 Å². The van der Waals surface area contributed by atoms with Gasteiger partial charge in [-0.1, -0.05) is 84.9 Å². The Morgan fingerprint density at radius 3 is 1.24 bits per heavy atom. The molecule has 0 saturated carbocycles. The molecule has 0 atom stereocenters. The van der Waals surface area contributed by atoms with E-state index in [0.29, 0.717) is 10.8 Å². The van der Waals surface area contributed by atoms with Crippen LogP contribution in [0.5, 0.6) is 0 Å². The zero-order valence-electron chi connectivity index (χ0n) is 16.7. The summed E-state index contributed by atoms with van der Waals surface area (Å²) in [4.78, 5) is 27.3. The number of hydrogen-bond acceptors (Lipinski definition) is 6. The van der Waals surface area contributed by atoms with Crippen molar-refractivity contribution in [1.82, 2.24) is 0 Å². The molecule has 168 valence electrons. The lowest BCUT2D eigenvalue weighted by molar-refractivity contribution is 0.0871. The second-order valence-electron chi connectivity index (χ2n) is 7.28. The minimum atomic E-state index is -6.05. The van der Waals surface area contributed by atoms with Crippen molar-refractivity contribution in [3.8, 4) is 0 Å². The van der Waals surface area contributed by atoms with Gasteiger partial charge in [0, 0.05) is 11.1 Å². The third kappa shape index (κ3) is 3.44. The molecule has 0 heterocycles. The molecule has 0 saturated heterocycles. The molecule has 0 amide bonds. The standard InChI is InChI=1S/C23H16O8S2/c24-21(19-13-5-9-15-7-1-3-11-17(15)19)23(32(26,27)28,33(29,30)31)22(25)20-14-6-10-16-8-2-4-12-18(16)20/h1-14H,(H,26,27,28)(H,29,30,31). The molecule has 0 spiro atoms. The monoisotopic (exact) mass is 484 g/mol. The highest BCUT2D eigenvalue weighted by Gasteiger charge is 2.67. The molecule has 0 aliphatic carbocycles. The Morgan fingerprint density at radius 2 is 0.879 bits per heavy atom. The fraction of sp³-hybridized carbons (Fsp3) is 0.0435. The van der Waals surface area contributed by atoms with E-state index in [1.165, 1.54) is 36.4 Å². The Balaban J connectivity index is 2.12. The quantitative estimate of drug-likeness (QED) is 0.240. The Hall–Kier alpha value is -3.44. The maximum Gasteiger partial charge on any atom is 0.345 e. The third-order valence-corrected chi connectivity index (χ3v) is 8.85. The Bertz CT molecular complexity index is 1520. The normalized spacial score (nSPS) is 12.7. The summed E-state index contributed by atoms with van der Waals surface area (Å²) in [5, 5.41) is 1.15. The van der Waals surface area contributed by atoms with Crippen LogP contribution in [0.1, 0.15) is 20.7 Å². The van der Waals surface area contributed by atoms with Crippen LogP contribution < -0.4 is 0 Å². The van der Waals surface area contributed by atoms with Gasteiger partial charge in [-0.25, -0.2) is 0 Å². The van der Waals surface area contributed by atoms with Crippen LogP contribution in [0.3, 0.4) is 0 Å². The van der Waals surface area contributed by atoms with Crippen molar-refractivity contribution in [1.29, 1.82) is 0 Å². The van der Waals surface area contributed by atoms with Crippen molar-refractivity contribution in [2.45, 2.75) is 4.08 Å². The molecule has 0 unspecified atom stereocenters. The summed E-state index contributed by atoms with van der Waals surface area (Å²) >= 11 is 0. The summed E-state index contributed by atoms with van der Waals surface area (Å²) < 4.78 is 66.2. The molecule has 10 heteroatoms. The number of carbonyl (C=O) groups excluding carboxylic acids is 2. The van der Waals surface area contributed by atoms with Crippen molar-refractivity contribution in [3.05, 3.63) is 96.1 Å². The average Bonchev–Trinajstić information content (AvgIpc) is 2.76. The number of fused-ring (bicyclic) bond motifs is 2. The van der Waals surface area contributed by atoms with Crippen LogP contribution in [0, 0.1) is 0 Å². The van der Waals surface area contributed by atoms with E-state index in [4.69, 9.17) is 0 Å². The predicted molar refractivity (Wildman–Crippen MR) is 122 cm³/mol. The molecular weight excluding hydrogens is 468 g/mol. The molecule has 4 aromatic rings. The van der Waals surface area contributed by atoms with Crippen molar-refractivity contribution < 1.29 is 35.5 Å². The summed E-state index contributed by atoms with van der Waals surface area (Å²) in [6.45, 7) is 0.